The van der Waals surface area contributed by atoms with Gasteiger partial charge in [-0.25, -0.2) is 0 Å². The minimum atomic E-state index is -0.683. The van der Waals surface area contributed by atoms with Crippen LogP contribution in [0.5, 0.6) is 0 Å². The third kappa shape index (κ3) is 3.57. The fourth-order valence-electron chi connectivity index (χ4n) is 3.40. The topological polar surface area (TPSA) is 63.3 Å². The highest BCUT2D eigenvalue weighted by atomic mass is 32.1. The molecule has 1 atom stereocenters. The van der Waals surface area contributed by atoms with Crippen molar-refractivity contribution in [3.8, 4) is 0 Å². The predicted molar refractivity (Wildman–Crippen MR) is 78.4 cm³/mol. The average molecular weight is 281 g/mol. The third-order valence-corrected chi connectivity index (χ3v) is 5.48. The molecule has 0 aliphatic heterocycles. The summed E-state index contributed by atoms with van der Waals surface area (Å²) in [6.07, 6.45) is 6.61. The minimum absolute atomic E-state index is 0.0163. The van der Waals surface area contributed by atoms with Gasteiger partial charge in [-0.15, -0.1) is 11.3 Å². The molecule has 0 spiro atoms. The van der Waals surface area contributed by atoms with E-state index >= 15 is 0 Å². The average Bonchev–Trinajstić information content (AvgIpc) is 2.75. The molecule has 19 heavy (non-hydrogen) atoms. The van der Waals surface area contributed by atoms with Gasteiger partial charge in [-0.2, -0.15) is 0 Å². The molecule has 1 aliphatic rings. The van der Waals surface area contributed by atoms with Gasteiger partial charge < -0.3 is 10.8 Å². The third-order valence-electron chi connectivity index (χ3n) is 4.33. The van der Waals surface area contributed by atoms with Crippen molar-refractivity contribution in [1.29, 1.82) is 0 Å². The molecule has 1 unspecified atom stereocenters. The SMILES string of the molecule is Cc1ccsc1C(N)CC1(CC(=O)O)CCCCC1. The van der Waals surface area contributed by atoms with Crippen molar-refractivity contribution in [1.82, 2.24) is 0 Å². The zero-order valence-electron chi connectivity index (χ0n) is 11.5. The number of carbonyl (C=O) groups is 1. The molecule has 106 valence electrons. The van der Waals surface area contributed by atoms with E-state index in [0.29, 0.717) is 0 Å². The van der Waals surface area contributed by atoms with Crippen LogP contribution in [0.25, 0.3) is 0 Å². The van der Waals surface area contributed by atoms with Crippen LogP contribution in [0.15, 0.2) is 11.4 Å². The molecular weight excluding hydrogens is 258 g/mol. The van der Waals surface area contributed by atoms with Crippen LogP contribution < -0.4 is 5.73 Å². The summed E-state index contributed by atoms with van der Waals surface area (Å²) in [7, 11) is 0. The number of carboxylic acids is 1. The van der Waals surface area contributed by atoms with Gasteiger partial charge in [0.15, 0.2) is 0 Å². The normalized spacial score (nSPS) is 20.1. The Labute approximate surface area is 118 Å². The van der Waals surface area contributed by atoms with E-state index in [-0.39, 0.29) is 17.9 Å². The van der Waals surface area contributed by atoms with Crippen LogP contribution in [0.1, 0.15) is 61.4 Å². The summed E-state index contributed by atoms with van der Waals surface area (Å²) >= 11 is 1.69. The van der Waals surface area contributed by atoms with Crippen LogP contribution in [0, 0.1) is 12.3 Å². The van der Waals surface area contributed by atoms with E-state index in [1.54, 1.807) is 11.3 Å². The van der Waals surface area contributed by atoms with E-state index in [0.717, 1.165) is 32.1 Å². The Morgan fingerprint density at radius 2 is 2.16 bits per heavy atom. The highest BCUT2D eigenvalue weighted by Gasteiger charge is 2.36. The highest BCUT2D eigenvalue weighted by Crippen LogP contribution is 2.45. The number of rotatable bonds is 5. The van der Waals surface area contributed by atoms with Gasteiger partial charge in [0.25, 0.3) is 0 Å². The van der Waals surface area contributed by atoms with Crippen molar-refractivity contribution >= 4 is 17.3 Å². The lowest BCUT2D eigenvalue weighted by Crippen LogP contribution is -2.31. The predicted octanol–water partition coefficient (Wildman–Crippen LogP) is 3.87. The van der Waals surface area contributed by atoms with Crippen molar-refractivity contribution in [2.75, 3.05) is 0 Å². The van der Waals surface area contributed by atoms with Crippen LogP contribution in [0.2, 0.25) is 0 Å². The van der Waals surface area contributed by atoms with Crippen LogP contribution in [-0.2, 0) is 4.79 Å². The van der Waals surface area contributed by atoms with Gasteiger partial charge >= 0.3 is 5.97 Å². The van der Waals surface area contributed by atoms with E-state index in [4.69, 9.17) is 5.73 Å². The standard InChI is InChI=1S/C15H23NO2S/c1-11-5-8-19-14(11)12(16)9-15(10-13(17)18)6-3-2-4-7-15/h5,8,12H,2-4,6-7,9-10,16H2,1H3,(H,17,18). The number of thiophene rings is 1. The summed E-state index contributed by atoms with van der Waals surface area (Å²) in [6, 6.07) is 2.07. The summed E-state index contributed by atoms with van der Waals surface area (Å²) in [4.78, 5) is 12.4. The maximum Gasteiger partial charge on any atom is 0.303 e. The summed E-state index contributed by atoms with van der Waals surface area (Å²) in [6.45, 7) is 2.08. The summed E-state index contributed by atoms with van der Waals surface area (Å²) in [5.74, 6) is -0.683. The van der Waals surface area contributed by atoms with E-state index in [1.165, 1.54) is 16.9 Å². The molecule has 1 aromatic heterocycles. The van der Waals surface area contributed by atoms with Gasteiger partial charge in [0.05, 0.1) is 6.42 Å². The molecule has 3 N–H and O–H groups in total. The smallest absolute Gasteiger partial charge is 0.303 e. The summed E-state index contributed by atoms with van der Waals surface area (Å²) in [5.41, 5.74) is 7.50. The molecule has 1 aliphatic carbocycles. The lowest BCUT2D eigenvalue weighted by atomic mass is 9.68. The van der Waals surface area contributed by atoms with Gasteiger partial charge in [-0.1, -0.05) is 19.3 Å². The lowest BCUT2D eigenvalue weighted by molar-refractivity contribution is -0.140. The molecular formula is C15H23NO2S. The van der Waals surface area contributed by atoms with Crippen LogP contribution in [-0.4, -0.2) is 11.1 Å². The molecule has 0 bridgehead atoms. The fourth-order valence-corrected chi connectivity index (χ4v) is 4.33. The molecule has 1 aromatic rings. The number of nitrogens with two attached hydrogens (primary N) is 1. The monoisotopic (exact) mass is 281 g/mol. The molecule has 1 fully saturated rings. The van der Waals surface area contributed by atoms with Crippen molar-refractivity contribution in [2.45, 2.75) is 57.9 Å². The molecule has 4 heteroatoms. The Kier molecular flexibility index (Phi) is 4.63. The van der Waals surface area contributed by atoms with Crippen LogP contribution >= 0.6 is 11.3 Å². The van der Waals surface area contributed by atoms with Crippen molar-refractivity contribution in [2.24, 2.45) is 11.1 Å². The fraction of sp³-hybridized carbons (Fsp3) is 0.667. The van der Waals surface area contributed by atoms with Crippen LogP contribution in [0.3, 0.4) is 0 Å². The second-order valence-electron chi connectivity index (χ2n) is 5.91. The molecule has 3 nitrogen and oxygen atoms in total. The molecule has 1 saturated carbocycles. The molecule has 0 radical (unpaired) electrons. The lowest BCUT2D eigenvalue weighted by Gasteiger charge is -2.38. The highest BCUT2D eigenvalue weighted by molar-refractivity contribution is 7.10. The molecule has 1 heterocycles. The summed E-state index contributed by atoms with van der Waals surface area (Å²) < 4.78 is 0. The number of hydrogen-bond acceptors (Lipinski definition) is 3. The van der Waals surface area contributed by atoms with Gasteiger partial charge in [-0.05, 0) is 48.6 Å². The van der Waals surface area contributed by atoms with E-state index in [9.17, 15) is 9.90 Å². The van der Waals surface area contributed by atoms with E-state index in [1.807, 2.05) is 0 Å². The first-order valence-corrected chi connectivity index (χ1v) is 7.92. The quantitative estimate of drug-likeness (QED) is 0.861. The van der Waals surface area contributed by atoms with Gasteiger partial charge in [-0.3, -0.25) is 4.79 Å². The Morgan fingerprint density at radius 1 is 1.47 bits per heavy atom. The van der Waals surface area contributed by atoms with E-state index in [2.05, 4.69) is 18.4 Å². The first kappa shape index (κ1) is 14.5. The Bertz CT molecular complexity index is 435. The number of aryl methyl sites for hydroxylation is 1. The van der Waals surface area contributed by atoms with Gasteiger partial charge in [0.2, 0.25) is 0 Å². The number of aliphatic carboxylic acids is 1. The largest absolute Gasteiger partial charge is 0.481 e. The summed E-state index contributed by atoms with van der Waals surface area (Å²) in [5, 5.41) is 11.3. The zero-order chi connectivity index (χ0) is 13.9. The molecule has 0 amide bonds. The zero-order valence-corrected chi connectivity index (χ0v) is 12.3. The Morgan fingerprint density at radius 3 is 2.68 bits per heavy atom. The van der Waals surface area contributed by atoms with E-state index < -0.39 is 5.97 Å². The Hall–Kier alpha value is -0.870. The second-order valence-corrected chi connectivity index (χ2v) is 6.86. The maximum atomic E-state index is 11.2. The molecule has 2 rings (SSSR count). The molecule has 0 saturated heterocycles. The maximum absolute atomic E-state index is 11.2. The van der Waals surface area contributed by atoms with Crippen molar-refractivity contribution in [3.63, 3.8) is 0 Å². The number of carboxylic acid groups (broad SMARTS) is 1. The van der Waals surface area contributed by atoms with Gasteiger partial charge in [0, 0.05) is 10.9 Å². The first-order chi connectivity index (χ1) is 9.02. The van der Waals surface area contributed by atoms with Crippen molar-refractivity contribution < 1.29 is 9.90 Å². The molecule has 0 aromatic carbocycles. The minimum Gasteiger partial charge on any atom is -0.481 e. The van der Waals surface area contributed by atoms with Gasteiger partial charge in [0.1, 0.15) is 0 Å². The van der Waals surface area contributed by atoms with Crippen molar-refractivity contribution in [3.05, 3.63) is 21.9 Å². The van der Waals surface area contributed by atoms with Crippen LogP contribution in [0.4, 0.5) is 0 Å². The Balaban J connectivity index is 2.11. The first-order valence-electron chi connectivity index (χ1n) is 7.04. The second kappa shape index (κ2) is 6.06. The number of hydrogen-bond donors (Lipinski definition) is 2.